The van der Waals surface area contributed by atoms with Gasteiger partial charge < -0.3 is 11.1 Å². The Balaban J connectivity index is 2.16. The van der Waals surface area contributed by atoms with E-state index in [0.29, 0.717) is 11.4 Å². The maximum atomic E-state index is 12.4. The monoisotopic (exact) mass is 311 g/mol. The Bertz CT molecular complexity index is 750. The number of aryl methyl sites for hydroxylation is 1. The molecule has 2 rings (SSSR count). The predicted molar refractivity (Wildman–Crippen MR) is 75.9 cm³/mol. The van der Waals surface area contributed by atoms with Gasteiger partial charge in [-0.15, -0.1) is 0 Å². The minimum atomic E-state index is -4.40. The van der Waals surface area contributed by atoms with E-state index in [1.807, 2.05) is 0 Å². The van der Waals surface area contributed by atoms with Crippen LogP contribution >= 0.6 is 0 Å². The first-order valence-electron chi connectivity index (χ1n) is 6.10. The van der Waals surface area contributed by atoms with Gasteiger partial charge in [-0.05, 0) is 31.2 Å². The van der Waals surface area contributed by atoms with E-state index in [2.05, 4.69) is 20.3 Å². The van der Waals surface area contributed by atoms with Crippen LogP contribution in [0.5, 0.6) is 0 Å². The molecular formula is C13H12F3N5O. The van der Waals surface area contributed by atoms with Crippen molar-refractivity contribution >= 4 is 17.6 Å². The molecule has 9 heteroatoms. The number of hydrogen-bond acceptors (Lipinski definition) is 3. The minimum absolute atomic E-state index is 0.00177. The van der Waals surface area contributed by atoms with Gasteiger partial charge in [0.05, 0.1) is 5.56 Å². The Labute approximate surface area is 122 Å². The summed E-state index contributed by atoms with van der Waals surface area (Å²) in [4.78, 5) is 21.4. The van der Waals surface area contributed by atoms with E-state index in [4.69, 9.17) is 5.73 Å². The summed E-state index contributed by atoms with van der Waals surface area (Å²) in [5.41, 5.74) is 5.26. The topological polar surface area (TPSA) is 96.2 Å². The van der Waals surface area contributed by atoms with Gasteiger partial charge in [-0.2, -0.15) is 18.2 Å². The number of hydrogen-bond donors (Lipinski definition) is 3. The lowest BCUT2D eigenvalue weighted by molar-refractivity contribution is -0.137. The van der Waals surface area contributed by atoms with Gasteiger partial charge in [-0.1, -0.05) is 0 Å². The Kier molecular flexibility index (Phi) is 4.15. The number of nitrogens with one attached hydrogen (secondary N) is 2. The summed E-state index contributed by atoms with van der Waals surface area (Å²) < 4.78 is 37.3. The van der Waals surface area contributed by atoms with Crippen molar-refractivity contribution in [3.8, 4) is 0 Å². The molecule has 0 aliphatic carbocycles. The van der Waals surface area contributed by atoms with Crippen LogP contribution in [0, 0.1) is 6.92 Å². The van der Waals surface area contributed by atoms with E-state index in [9.17, 15) is 18.0 Å². The predicted octanol–water partition coefficient (Wildman–Crippen LogP) is 2.16. The van der Waals surface area contributed by atoms with Crippen LogP contribution in [-0.4, -0.2) is 15.9 Å². The van der Waals surface area contributed by atoms with E-state index in [1.54, 1.807) is 6.92 Å². The maximum absolute atomic E-state index is 12.4. The Morgan fingerprint density at radius 1 is 1.32 bits per heavy atom. The molecule has 0 saturated carbocycles. The van der Waals surface area contributed by atoms with Crippen molar-refractivity contribution in [2.24, 2.45) is 10.7 Å². The fraction of sp³-hybridized carbons (Fsp3) is 0.154. The molecule has 1 heterocycles. The summed E-state index contributed by atoms with van der Waals surface area (Å²) in [6.45, 7) is 1.62. The van der Waals surface area contributed by atoms with Crippen molar-refractivity contribution in [2.45, 2.75) is 13.1 Å². The molecule has 0 radical (unpaired) electrons. The second-order valence-electron chi connectivity index (χ2n) is 4.41. The molecule has 6 nitrogen and oxygen atoms in total. The normalized spacial score (nSPS) is 12.3. The van der Waals surface area contributed by atoms with Crippen molar-refractivity contribution in [2.75, 3.05) is 5.32 Å². The number of nitrogens with zero attached hydrogens (tertiary/aromatic N) is 2. The van der Waals surface area contributed by atoms with Gasteiger partial charge in [0.25, 0.3) is 5.56 Å². The van der Waals surface area contributed by atoms with Crippen LogP contribution < -0.4 is 16.6 Å². The van der Waals surface area contributed by atoms with Gasteiger partial charge in [0.15, 0.2) is 0 Å². The first-order chi connectivity index (χ1) is 10.2. The Morgan fingerprint density at radius 2 is 1.95 bits per heavy atom. The molecule has 4 N–H and O–H groups in total. The SMILES string of the molecule is Cc1cc(=O)[nH]c(/N=C(/N)Nc2ccc(C(F)(F)F)cc2)n1. The molecule has 0 atom stereocenters. The number of nitrogens with two attached hydrogens (primary N) is 1. The second-order valence-corrected chi connectivity index (χ2v) is 4.41. The quantitative estimate of drug-likeness (QED) is 0.585. The summed E-state index contributed by atoms with van der Waals surface area (Å²) in [5, 5.41) is 2.61. The van der Waals surface area contributed by atoms with Gasteiger partial charge in [0.2, 0.25) is 11.9 Å². The van der Waals surface area contributed by atoms with E-state index < -0.39 is 11.7 Å². The van der Waals surface area contributed by atoms with E-state index in [-0.39, 0.29) is 17.5 Å². The van der Waals surface area contributed by atoms with Gasteiger partial charge in [-0.25, -0.2) is 4.98 Å². The third-order valence-corrected chi connectivity index (χ3v) is 2.57. The van der Waals surface area contributed by atoms with Crippen molar-refractivity contribution in [3.63, 3.8) is 0 Å². The van der Waals surface area contributed by atoms with E-state index in [1.165, 1.54) is 18.2 Å². The maximum Gasteiger partial charge on any atom is 0.416 e. The number of H-pyrrole nitrogens is 1. The molecule has 2 aromatic rings. The third kappa shape index (κ3) is 4.08. The van der Waals surface area contributed by atoms with Crippen LogP contribution in [0.3, 0.4) is 0 Å². The molecule has 116 valence electrons. The molecule has 0 amide bonds. The number of rotatable bonds is 2. The number of alkyl halides is 3. The summed E-state index contributed by atoms with van der Waals surface area (Å²) in [7, 11) is 0. The highest BCUT2D eigenvalue weighted by molar-refractivity contribution is 5.93. The van der Waals surface area contributed by atoms with Crippen LogP contribution in [0.2, 0.25) is 0 Å². The van der Waals surface area contributed by atoms with Crippen molar-refractivity contribution < 1.29 is 13.2 Å². The first-order valence-corrected chi connectivity index (χ1v) is 6.10. The first kappa shape index (κ1) is 15.5. The fourth-order valence-electron chi connectivity index (χ4n) is 1.65. The van der Waals surface area contributed by atoms with Crippen LogP contribution in [0.25, 0.3) is 0 Å². The smallest absolute Gasteiger partial charge is 0.369 e. The number of aromatic nitrogens is 2. The fourth-order valence-corrected chi connectivity index (χ4v) is 1.65. The number of aliphatic imine (C=N–C) groups is 1. The zero-order valence-electron chi connectivity index (χ0n) is 11.4. The average molecular weight is 311 g/mol. The number of guanidine groups is 1. The zero-order valence-corrected chi connectivity index (χ0v) is 11.4. The van der Waals surface area contributed by atoms with E-state index in [0.717, 1.165) is 12.1 Å². The van der Waals surface area contributed by atoms with Crippen LogP contribution in [0.4, 0.5) is 24.8 Å². The van der Waals surface area contributed by atoms with Crippen LogP contribution in [0.15, 0.2) is 40.1 Å². The summed E-state index contributed by atoms with van der Waals surface area (Å²) >= 11 is 0. The number of aromatic amines is 1. The molecular weight excluding hydrogens is 299 g/mol. The number of halogens is 3. The number of benzene rings is 1. The minimum Gasteiger partial charge on any atom is -0.369 e. The van der Waals surface area contributed by atoms with E-state index >= 15 is 0 Å². The Hall–Kier alpha value is -2.84. The highest BCUT2D eigenvalue weighted by Gasteiger charge is 2.29. The van der Waals surface area contributed by atoms with Gasteiger partial charge >= 0.3 is 6.18 Å². The summed E-state index contributed by atoms with van der Waals surface area (Å²) in [6.07, 6.45) is -4.40. The molecule has 22 heavy (non-hydrogen) atoms. The highest BCUT2D eigenvalue weighted by atomic mass is 19.4. The van der Waals surface area contributed by atoms with Crippen molar-refractivity contribution in [1.82, 2.24) is 9.97 Å². The molecule has 0 fully saturated rings. The average Bonchev–Trinajstić information content (AvgIpc) is 2.36. The lowest BCUT2D eigenvalue weighted by atomic mass is 10.2. The van der Waals surface area contributed by atoms with Gasteiger partial charge in [0.1, 0.15) is 0 Å². The summed E-state index contributed by atoms with van der Waals surface area (Å²) in [6, 6.07) is 5.57. The molecule has 1 aromatic carbocycles. The third-order valence-electron chi connectivity index (χ3n) is 2.57. The lowest BCUT2D eigenvalue weighted by Crippen LogP contribution is -2.22. The van der Waals surface area contributed by atoms with Gasteiger partial charge in [-0.3, -0.25) is 9.78 Å². The van der Waals surface area contributed by atoms with Crippen LogP contribution in [-0.2, 0) is 6.18 Å². The molecule has 0 aliphatic heterocycles. The Morgan fingerprint density at radius 3 is 2.50 bits per heavy atom. The standard InChI is InChI=1S/C13H12F3N5O/c1-7-6-10(22)20-12(18-7)21-11(17)19-9-4-2-8(3-5-9)13(14,15)16/h2-6H,1H3,(H4,17,18,19,20,21,22). The van der Waals surface area contributed by atoms with Crippen LogP contribution in [0.1, 0.15) is 11.3 Å². The highest BCUT2D eigenvalue weighted by Crippen LogP contribution is 2.29. The summed E-state index contributed by atoms with van der Waals surface area (Å²) in [5.74, 6) is -0.115. The molecule has 0 bridgehead atoms. The molecule has 0 unspecified atom stereocenters. The van der Waals surface area contributed by atoms with Crippen molar-refractivity contribution in [1.29, 1.82) is 0 Å². The molecule has 0 saturated heterocycles. The molecule has 0 spiro atoms. The molecule has 0 aliphatic rings. The largest absolute Gasteiger partial charge is 0.416 e. The van der Waals surface area contributed by atoms with Gasteiger partial charge in [0, 0.05) is 17.4 Å². The number of anilines is 1. The van der Waals surface area contributed by atoms with Crippen molar-refractivity contribution in [3.05, 3.63) is 51.9 Å². The zero-order chi connectivity index (χ0) is 16.3. The molecule has 1 aromatic heterocycles. The second kappa shape index (κ2) is 5.88. The lowest BCUT2D eigenvalue weighted by Gasteiger charge is -2.09.